The summed E-state index contributed by atoms with van der Waals surface area (Å²) in [4.78, 5) is 9.39. The largest absolute Gasteiger partial charge is 0.379 e. The zero-order valence-corrected chi connectivity index (χ0v) is 19.3. The van der Waals surface area contributed by atoms with E-state index >= 15 is 0 Å². The number of benzene rings is 1. The van der Waals surface area contributed by atoms with Crippen LogP contribution in [0.15, 0.2) is 67.0 Å². The van der Waals surface area contributed by atoms with Crippen LogP contribution < -0.4 is 5.32 Å². The first-order valence-electron chi connectivity index (χ1n) is 10.9. The van der Waals surface area contributed by atoms with Crippen LogP contribution in [0.4, 0.5) is 0 Å². The molecule has 166 valence electrons. The summed E-state index contributed by atoms with van der Waals surface area (Å²) in [5.41, 5.74) is 3.16. The molecule has 32 heavy (non-hydrogen) atoms. The molecule has 2 fully saturated rings. The zero-order chi connectivity index (χ0) is 21.9. The van der Waals surface area contributed by atoms with Crippen molar-refractivity contribution in [3.8, 4) is 5.69 Å². The molecule has 6 nitrogen and oxygen atoms in total. The molecule has 2 aromatic heterocycles. The van der Waals surface area contributed by atoms with Gasteiger partial charge in [0.15, 0.2) is 5.11 Å². The van der Waals surface area contributed by atoms with Crippen molar-refractivity contribution in [3.63, 3.8) is 0 Å². The smallest absolute Gasteiger partial charge is 0.170 e. The van der Waals surface area contributed by atoms with E-state index < -0.39 is 0 Å². The van der Waals surface area contributed by atoms with E-state index in [-0.39, 0.29) is 12.1 Å². The van der Waals surface area contributed by atoms with Crippen molar-refractivity contribution >= 4 is 28.9 Å². The number of hydrogen-bond donors (Lipinski definition) is 1. The lowest BCUT2D eigenvalue weighted by atomic mass is 10.0. The fraction of sp³-hybridized carbons (Fsp3) is 0.333. The predicted octanol–water partition coefficient (Wildman–Crippen LogP) is 3.83. The topological polar surface area (TPSA) is 45.6 Å². The summed E-state index contributed by atoms with van der Waals surface area (Å²) in [6, 6.07) is 18.2. The highest BCUT2D eigenvalue weighted by Crippen LogP contribution is 2.39. The molecule has 2 aliphatic rings. The molecule has 8 heteroatoms. The molecule has 0 unspecified atom stereocenters. The Kier molecular flexibility index (Phi) is 6.41. The molecule has 0 saturated carbocycles. The number of ether oxygens (including phenoxy) is 1. The first-order chi connectivity index (χ1) is 15.7. The summed E-state index contributed by atoms with van der Waals surface area (Å²) < 4.78 is 7.70. The Morgan fingerprint density at radius 3 is 2.72 bits per heavy atom. The van der Waals surface area contributed by atoms with Gasteiger partial charge in [0.2, 0.25) is 0 Å². The monoisotopic (exact) mass is 467 g/mol. The van der Waals surface area contributed by atoms with E-state index in [0.29, 0.717) is 5.02 Å². The van der Waals surface area contributed by atoms with Crippen molar-refractivity contribution in [1.29, 1.82) is 0 Å². The lowest BCUT2D eigenvalue weighted by Gasteiger charge is -2.32. The Morgan fingerprint density at radius 1 is 1.06 bits per heavy atom. The van der Waals surface area contributed by atoms with Crippen LogP contribution in [0.1, 0.15) is 23.5 Å². The summed E-state index contributed by atoms with van der Waals surface area (Å²) >= 11 is 12.1. The maximum atomic E-state index is 6.30. The molecule has 5 rings (SSSR count). The van der Waals surface area contributed by atoms with Crippen LogP contribution in [0.3, 0.4) is 0 Å². The second kappa shape index (κ2) is 9.58. The third-order valence-corrected chi connectivity index (χ3v) is 6.72. The van der Waals surface area contributed by atoms with Crippen LogP contribution >= 0.6 is 23.8 Å². The van der Waals surface area contributed by atoms with Gasteiger partial charge in [0, 0.05) is 55.0 Å². The minimum atomic E-state index is -0.0405. The van der Waals surface area contributed by atoms with Crippen LogP contribution in [0.25, 0.3) is 5.69 Å². The number of nitrogens with one attached hydrogen (secondary N) is 1. The molecular formula is C24H26ClN5OS. The normalized spacial score (nSPS) is 21.7. The van der Waals surface area contributed by atoms with E-state index in [1.165, 1.54) is 0 Å². The number of nitrogens with zero attached hydrogens (tertiary/aromatic N) is 4. The molecule has 0 radical (unpaired) electrons. The van der Waals surface area contributed by atoms with Crippen LogP contribution in [0.2, 0.25) is 5.02 Å². The number of rotatable bonds is 6. The number of pyridine rings is 1. The van der Waals surface area contributed by atoms with Crippen LogP contribution in [-0.4, -0.2) is 63.9 Å². The zero-order valence-electron chi connectivity index (χ0n) is 17.7. The summed E-state index contributed by atoms with van der Waals surface area (Å²) in [6.07, 6.45) is 3.92. The Bertz CT molecular complexity index is 1070. The molecule has 0 aliphatic carbocycles. The summed E-state index contributed by atoms with van der Waals surface area (Å²) in [5, 5.41) is 5.03. The highest BCUT2D eigenvalue weighted by Gasteiger charge is 2.41. The average molecular weight is 468 g/mol. The predicted molar refractivity (Wildman–Crippen MR) is 130 cm³/mol. The molecule has 2 saturated heterocycles. The molecule has 2 atom stereocenters. The maximum absolute atomic E-state index is 6.30. The van der Waals surface area contributed by atoms with Gasteiger partial charge < -0.3 is 19.5 Å². The SMILES string of the molecule is S=C1N[C@@H](c2ccccn2)[C@@H](c2cccn2-c2cccc(Cl)c2)N1CCN1CCOCC1. The van der Waals surface area contributed by atoms with Crippen molar-refractivity contribution in [1.82, 2.24) is 24.7 Å². The second-order valence-electron chi connectivity index (χ2n) is 8.06. The van der Waals surface area contributed by atoms with Gasteiger partial charge in [-0.05, 0) is 54.7 Å². The van der Waals surface area contributed by atoms with E-state index in [1.54, 1.807) is 0 Å². The van der Waals surface area contributed by atoms with Crippen molar-refractivity contribution in [2.75, 3.05) is 39.4 Å². The maximum Gasteiger partial charge on any atom is 0.170 e. The molecule has 4 heterocycles. The summed E-state index contributed by atoms with van der Waals surface area (Å²) in [7, 11) is 0. The second-order valence-corrected chi connectivity index (χ2v) is 8.88. The number of morpholine rings is 1. The number of thiocarbonyl (C=S) groups is 1. The van der Waals surface area contributed by atoms with E-state index in [4.69, 9.17) is 28.6 Å². The van der Waals surface area contributed by atoms with Gasteiger partial charge in [0.05, 0.1) is 31.0 Å². The highest BCUT2D eigenvalue weighted by atomic mass is 35.5. The molecule has 1 aromatic carbocycles. The highest BCUT2D eigenvalue weighted by molar-refractivity contribution is 7.80. The first kappa shape index (κ1) is 21.4. The number of hydrogen-bond acceptors (Lipinski definition) is 4. The molecule has 2 aliphatic heterocycles. The van der Waals surface area contributed by atoms with Crippen molar-refractivity contribution in [3.05, 3.63) is 83.4 Å². The van der Waals surface area contributed by atoms with Crippen molar-refractivity contribution < 1.29 is 4.74 Å². The van der Waals surface area contributed by atoms with Crippen molar-refractivity contribution in [2.24, 2.45) is 0 Å². The van der Waals surface area contributed by atoms with Crippen LogP contribution in [0, 0.1) is 0 Å². The Labute approximate surface area is 198 Å². The van der Waals surface area contributed by atoms with E-state index in [0.717, 1.165) is 61.6 Å². The van der Waals surface area contributed by atoms with E-state index in [9.17, 15) is 0 Å². The molecule has 0 amide bonds. The lowest BCUT2D eigenvalue weighted by Crippen LogP contribution is -2.42. The van der Waals surface area contributed by atoms with Gasteiger partial charge in [-0.25, -0.2) is 0 Å². The average Bonchev–Trinajstić information content (AvgIpc) is 3.43. The van der Waals surface area contributed by atoms with Gasteiger partial charge in [-0.1, -0.05) is 23.7 Å². The molecule has 0 spiro atoms. The third-order valence-electron chi connectivity index (χ3n) is 6.13. The van der Waals surface area contributed by atoms with Gasteiger partial charge in [-0.3, -0.25) is 9.88 Å². The van der Waals surface area contributed by atoms with Crippen molar-refractivity contribution in [2.45, 2.75) is 12.1 Å². The Morgan fingerprint density at radius 2 is 1.94 bits per heavy atom. The van der Waals surface area contributed by atoms with Crippen LogP contribution in [-0.2, 0) is 4.74 Å². The van der Waals surface area contributed by atoms with Gasteiger partial charge in [0.25, 0.3) is 0 Å². The summed E-state index contributed by atoms with van der Waals surface area (Å²) in [6.45, 7) is 5.28. The summed E-state index contributed by atoms with van der Waals surface area (Å²) in [5.74, 6) is 0. The molecule has 0 bridgehead atoms. The first-order valence-corrected chi connectivity index (χ1v) is 11.7. The molecule has 3 aromatic rings. The fourth-order valence-corrected chi connectivity index (χ4v) is 5.05. The Hall–Kier alpha value is -2.45. The fourth-order valence-electron chi connectivity index (χ4n) is 4.54. The van der Waals surface area contributed by atoms with Crippen LogP contribution in [0.5, 0.6) is 0 Å². The van der Waals surface area contributed by atoms with E-state index in [1.807, 2.05) is 36.5 Å². The minimum absolute atomic E-state index is 0.00687. The van der Waals surface area contributed by atoms with Gasteiger partial charge in [-0.2, -0.15) is 0 Å². The molecule has 1 N–H and O–H groups in total. The number of aromatic nitrogens is 2. The minimum Gasteiger partial charge on any atom is -0.379 e. The lowest BCUT2D eigenvalue weighted by molar-refractivity contribution is 0.0349. The van der Waals surface area contributed by atoms with Gasteiger partial charge in [0.1, 0.15) is 0 Å². The van der Waals surface area contributed by atoms with Gasteiger partial charge in [-0.15, -0.1) is 0 Å². The molecular weight excluding hydrogens is 442 g/mol. The number of halogens is 1. The quantitative estimate of drug-likeness (QED) is 0.556. The van der Waals surface area contributed by atoms with E-state index in [2.05, 4.69) is 55.1 Å². The Balaban J connectivity index is 1.50. The van der Waals surface area contributed by atoms with Gasteiger partial charge >= 0.3 is 0 Å². The standard InChI is InChI=1S/C24H26ClN5OS/c25-18-5-3-6-19(17-18)29-10-4-8-21(29)23-22(20-7-1-2-9-26-20)27-24(32)30(23)12-11-28-13-15-31-16-14-28/h1-10,17,22-23H,11-16H2,(H,27,32)/t22-,23+/m0/s1. The third kappa shape index (κ3) is 4.38.